The quantitative estimate of drug-likeness (QED) is 0.781. The van der Waals surface area contributed by atoms with Crippen molar-refractivity contribution in [2.75, 3.05) is 0 Å². The van der Waals surface area contributed by atoms with Gasteiger partial charge in [-0.3, -0.25) is 0 Å². The molecule has 0 aliphatic heterocycles. The average molecular weight is 300 g/mol. The van der Waals surface area contributed by atoms with Gasteiger partial charge in [0.05, 0.1) is 16.7 Å². The minimum Gasteiger partial charge on any atom is -0.478 e. The molecule has 0 atom stereocenters. The van der Waals surface area contributed by atoms with Gasteiger partial charge in [0.25, 0.3) is 0 Å². The van der Waals surface area contributed by atoms with Crippen LogP contribution in [0.1, 0.15) is 42.2 Å². The van der Waals surface area contributed by atoms with Crippen molar-refractivity contribution in [3.05, 3.63) is 70.3 Å². The summed E-state index contributed by atoms with van der Waals surface area (Å²) in [6, 6.07) is 9.79. The van der Waals surface area contributed by atoms with Gasteiger partial charge in [-0.25, -0.2) is 14.4 Å². The first-order valence-corrected chi connectivity index (χ1v) is 6.30. The van der Waals surface area contributed by atoms with Crippen LogP contribution in [0.3, 0.4) is 0 Å². The molecule has 0 saturated heterocycles. The average Bonchev–Trinajstić information content (AvgIpc) is 2.47. The second-order valence-electron chi connectivity index (χ2n) is 4.66. The van der Waals surface area contributed by atoms with Crippen molar-refractivity contribution in [3.8, 4) is 0 Å². The van der Waals surface area contributed by atoms with Crippen LogP contribution in [0.25, 0.3) is 0 Å². The van der Waals surface area contributed by atoms with Gasteiger partial charge in [-0.2, -0.15) is 0 Å². The summed E-state index contributed by atoms with van der Waals surface area (Å²) in [5, 5.41) is 27.0. The van der Waals surface area contributed by atoms with Gasteiger partial charge >= 0.3 is 17.9 Å². The lowest BCUT2D eigenvalue weighted by atomic mass is 9.97. The number of hydrogen-bond acceptors (Lipinski definition) is 3. The first kappa shape index (κ1) is 15.2. The van der Waals surface area contributed by atoms with Crippen molar-refractivity contribution in [3.63, 3.8) is 0 Å². The zero-order chi connectivity index (χ0) is 16.3. The Morgan fingerprint density at radius 1 is 0.727 bits per heavy atom. The van der Waals surface area contributed by atoms with E-state index in [1.165, 1.54) is 30.3 Å². The Morgan fingerprint density at radius 2 is 1.27 bits per heavy atom. The third-order valence-corrected chi connectivity index (χ3v) is 3.18. The molecule has 0 aromatic heterocycles. The van der Waals surface area contributed by atoms with Crippen molar-refractivity contribution in [2.24, 2.45) is 0 Å². The molecule has 0 aliphatic carbocycles. The first-order chi connectivity index (χ1) is 10.4. The lowest BCUT2D eigenvalue weighted by Crippen LogP contribution is -2.06. The summed E-state index contributed by atoms with van der Waals surface area (Å²) in [6.07, 6.45) is 0.197. The summed E-state index contributed by atoms with van der Waals surface area (Å²) in [5.74, 6) is -3.33. The monoisotopic (exact) mass is 300 g/mol. The zero-order valence-electron chi connectivity index (χ0n) is 11.3. The van der Waals surface area contributed by atoms with E-state index in [9.17, 15) is 14.4 Å². The fourth-order valence-electron chi connectivity index (χ4n) is 2.07. The molecule has 0 spiro atoms. The van der Waals surface area contributed by atoms with Crippen LogP contribution in [0.2, 0.25) is 0 Å². The lowest BCUT2D eigenvalue weighted by Gasteiger charge is -2.08. The fourth-order valence-corrected chi connectivity index (χ4v) is 2.07. The van der Waals surface area contributed by atoms with Crippen LogP contribution in [-0.4, -0.2) is 33.2 Å². The van der Waals surface area contributed by atoms with E-state index < -0.39 is 17.9 Å². The molecule has 0 saturated carbocycles. The van der Waals surface area contributed by atoms with Gasteiger partial charge in [0.2, 0.25) is 0 Å². The summed E-state index contributed by atoms with van der Waals surface area (Å²) in [6.45, 7) is 0. The number of carboxylic acids is 3. The number of carboxylic acid groups (broad SMARTS) is 3. The third-order valence-electron chi connectivity index (χ3n) is 3.18. The molecule has 6 nitrogen and oxygen atoms in total. The molecular formula is C16H12O6. The molecule has 22 heavy (non-hydrogen) atoms. The smallest absolute Gasteiger partial charge is 0.335 e. The lowest BCUT2D eigenvalue weighted by molar-refractivity contribution is 0.0680. The molecule has 0 bridgehead atoms. The minimum absolute atomic E-state index is 0.00200. The van der Waals surface area contributed by atoms with Gasteiger partial charge in [0, 0.05) is 0 Å². The van der Waals surface area contributed by atoms with E-state index in [2.05, 4.69) is 0 Å². The molecule has 0 radical (unpaired) electrons. The standard InChI is InChI=1S/C16H12O6/c17-14(18)10-3-1-9(2-4-10)7-12-8-11(15(19)20)5-6-13(12)16(21)22/h1-6,8H,7H2,(H,17,18)(H,19,20)(H,21,22). The molecule has 2 aromatic rings. The van der Waals surface area contributed by atoms with Crippen molar-refractivity contribution < 1.29 is 29.7 Å². The van der Waals surface area contributed by atoms with E-state index in [4.69, 9.17) is 15.3 Å². The van der Waals surface area contributed by atoms with Crippen LogP contribution in [0.15, 0.2) is 42.5 Å². The Morgan fingerprint density at radius 3 is 1.77 bits per heavy atom. The van der Waals surface area contributed by atoms with Gasteiger partial charge in [0.15, 0.2) is 0 Å². The summed E-state index contributed by atoms with van der Waals surface area (Å²) >= 11 is 0. The SMILES string of the molecule is O=C(O)c1ccc(Cc2cc(C(=O)O)ccc2C(=O)O)cc1. The Hall–Kier alpha value is -3.15. The predicted molar refractivity (Wildman–Crippen MR) is 76.6 cm³/mol. The highest BCUT2D eigenvalue weighted by Gasteiger charge is 2.14. The molecule has 0 aliphatic rings. The van der Waals surface area contributed by atoms with Crippen molar-refractivity contribution >= 4 is 17.9 Å². The second kappa shape index (κ2) is 6.09. The topological polar surface area (TPSA) is 112 Å². The maximum atomic E-state index is 11.2. The van der Waals surface area contributed by atoms with Gasteiger partial charge < -0.3 is 15.3 Å². The minimum atomic E-state index is -1.14. The van der Waals surface area contributed by atoms with Crippen LogP contribution in [0, 0.1) is 0 Å². The molecule has 112 valence electrons. The normalized spacial score (nSPS) is 10.2. The highest BCUT2D eigenvalue weighted by Crippen LogP contribution is 2.18. The van der Waals surface area contributed by atoms with Gasteiger partial charge in [-0.15, -0.1) is 0 Å². The summed E-state index contributed by atoms with van der Waals surface area (Å²) in [4.78, 5) is 33.0. The molecule has 0 heterocycles. The molecule has 2 rings (SSSR count). The highest BCUT2D eigenvalue weighted by atomic mass is 16.4. The first-order valence-electron chi connectivity index (χ1n) is 6.30. The zero-order valence-corrected chi connectivity index (χ0v) is 11.3. The molecule has 0 unspecified atom stereocenters. The van der Waals surface area contributed by atoms with E-state index in [1.54, 1.807) is 12.1 Å². The Kier molecular flexibility index (Phi) is 4.22. The second-order valence-corrected chi connectivity index (χ2v) is 4.66. The van der Waals surface area contributed by atoms with Crippen molar-refractivity contribution in [2.45, 2.75) is 6.42 Å². The van der Waals surface area contributed by atoms with E-state index >= 15 is 0 Å². The van der Waals surface area contributed by atoms with E-state index in [1.807, 2.05) is 0 Å². The molecule has 2 aromatic carbocycles. The number of aromatic carboxylic acids is 3. The molecule has 3 N–H and O–H groups in total. The summed E-state index contributed by atoms with van der Waals surface area (Å²) in [5.41, 5.74) is 1.20. The van der Waals surface area contributed by atoms with Crippen molar-refractivity contribution in [1.29, 1.82) is 0 Å². The van der Waals surface area contributed by atoms with E-state index in [-0.39, 0.29) is 23.1 Å². The third kappa shape index (κ3) is 3.29. The van der Waals surface area contributed by atoms with E-state index in [0.717, 1.165) is 0 Å². The van der Waals surface area contributed by atoms with Crippen molar-refractivity contribution in [1.82, 2.24) is 0 Å². The van der Waals surface area contributed by atoms with E-state index in [0.29, 0.717) is 11.1 Å². The number of hydrogen-bond donors (Lipinski definition) is 3. The highest BCUT2D eigenvalue weighted by molar-refractivity contribution is 5.93. The van der Waals surface area contributed by atoms with Gasteiger partial charge in [0.1, 0.15) is 0 Å². The van der Waals surface area contributed by atoms with Crippen LogP contribution in [-0.2, 0) is 6.42 Å². The summed E-state index contributed by atoms with van der Waals surface area (Å²) in [7, 11) is 0. The number of benzene rings is 2. The van der Waals surface area contributed by atoms with Crippen LogP contribution in [0.4, 0.5) is 0 Å². The molecule has 6 heteroatoms. The largest absolute Gasteiger partial charge is 0.478 e. The fraction of sp³-hybridized carbons (Fsp3) is 0.0625. The van der Waals surface area contributed by atoms with Crippen LogP contribution in [0.5, 0.6) is 0 Å². The maximum Gasteiger partial charge on any atom is 0.335 e. The maximum absolute atomic E-state index is 11.2. The summed E-state index contributed by atoms with van der Waals surface area (Å²) < 4.78 is 0. The number of rotatable bonds is 5. The number of carbonyl (C=O) groups is 3. The predicted octanol–water partition coefficient (Wildman–Crippen LogP) is 2.37. The molecule has 0 amide bonds. The molecular weight excluding hydrogens is 288 g/mol. The molecule has 0 fully saturated rings. The van der Waals surface area contributed by atoms with Gasteiger partial charge in [-0.05, 0) is 47.9 Å². The Bertz CT molecular complexity index is 746. The van der Waals surface area contributed by atoms with Crippen LogP contribution < -0.4 is 0 Å². The van der Waals surface area contributed by atoms with Crippen LogP contribution >= 0.6 is 0 Å². The Balaban J connectivity index is 2.38. The Labute approximate surface area is 125 Å². The van der Waals surface area contributed by atoms with Gasteiger partial charge in [-0.1, -0.05) is 12.1 Å².